The van der Waals surface area contributed by atoms with E-state index in [-0.39, 0.29) is 23.7 Å². The molecule has 1 aromatic carbocycles. The molecule has 19 heavy (non-hydrogen) atoms. The van der Waals surface area contributed by atoms with Gasteiger partial charge in [-0.3, -0.25) is 9.59 Å². The van der Waals surface area contributed by atoms with Gasteiger partial charge in [0.15, 0.2) is 0 Å². The lowest BCUT2D eigenvalue weighted by molar-refractivity contribution is -0.137. The molecule has 0 radical (unpaired) electrons. The molecule has 4 nitrogen and oxygen atoms in total. The summed E-state index contributed by atoms with van der Waals surface area (Å²) < 4.78 is 0. The summed E-state index contributed by atoms with van der Waals surface area (Å²) in [6.45, 7) is 2.18. The van der Waals surface area contributed by atoms with Crippen molar-refractivity contribution in [3.8, 4) is 0 Å². The highest BCUT2D eigenvalue weighted by atomic mass is 32.2. The summed E-state index contributed by atoms with van der Waals surface area (Å²) in [5.41, 5.74) is 2.27. The molecule has 0 saturated carbocycles. The molecular weight excluding hydrogens is 260 g/mol. The van der Waals surface area contributed by atoms with Gasteiger partial charge in [-0.15, -0.1) is 11.8 Å². The maximum atomic E-state index is 11.9. The van der Waals surface area contributed by atoms with Crippen molar-refractivity contribution in [2.75, 3.05) is 26.4 Å². The summed E-state index contributed by atoms with van der Waals surface area (Å²) in [4.78, 5) is 26.9. The highest BCUT2D eigenvalue weighted by molar-refractivity contribution is 8.00. The highest BCUT2D eigenvalue weighted by Gasteiger charge is 2.34. The fraction of sp³-hybridized carbons (Fsp3) is 0.429. The van der Waals surface area contributed by atoms with E-state index in [4.69, 9.17) is 0 Å². The van der Waals surface area contributed by atoms with Gasteiger partial charge in [0.05, 0.1) is 5.75 Å². The summed E-state index contributed by atoms with van der Waals surface area (Å²) in [5, 5.41) is -0.0444. The monoisotopic (exact) mass is 278 g/mol. The van der Waals surface area contributed by atoms with Crippen molar-refractivity contribution >= 4 is 23.6 Å². The van der Waals surface area contributed by atoms with Crippen molar-refractivity contribution < 1.29 is 9.59 Å². The first kappa shape index (κ1) is 13.9. The molecule has 0 aliphatic carbocycles. The second kappa shape index (κ2) is 5.65. The van der Waals surface area contributed by atoms with Crippen LogP contribution in [0, 0.1) is 6.92 Å². The van der Waals surface area contributed by atoms with Gasteiger partial charge >= 0.3 is 0 Å². The molecule has 1 aromatic rings. The van der Waals surface area contributed by atoms with Crippen LogP contribution in [0.3, 0.4) is 0 Å². The zero-order chi connectivity index (χ0) is 14.0. The van der Waals surface area contributed by atoms with Gasteiger partial charge in [-0.2, -0.15) is 0 Å². The zero-order valence-corrected chi connectivity index (χ0v) is 12.2. The summed E-state index contributed by atoms with van der Waals surface area (Å²) in [5.74, 6) is 0.429. The number of thioether (sulfide) groups is 1. The minimum atomic E-state index is -0.0482. The molecule has 1 heterocycles. The van der Waals surface area contributed by atoms with Gasteiger partial charge in [0.2, 0.25) is 11.8 Å². The number of benzene rings is 1. The number of hydrogen-bond acceptors (Lipinski definition) is 3. The molecular formula is C14H18N2O2S. The number of rotatable bonds is 3. The third kappa shape index (κ3) is 3.10. The third-order valence-electron chi connectivity index (χ3n) is 3.14. The van der Waals surface area contributed by atoms with E-state index < -0.39 is 0 Å². The Morgan fingerprint density at radius 2 is 2.00 bits per heavy atom. The van der Waals surface area contributed by atoms with Crippen LogP contribution >= 0.6 is 11.8 Å². The molecule has 0 unspecified atom stereocenters. The summed E-state index contributed by atoms with van der Waals surface area (Å²) in [6, 6.07) is 8.12. The quantitative estimate of drug-likeness (QED) is 0.844. The maximum Gasteiger partial charge on any atom is 0.241 e. The molecule has 1 atom stereocenters. The van der Waals surface area contributed by atoms with Crippen LogP contribution in [0.1, 0.15) is 16.5 Å². The number of aryl methyl sites for hydroxylation is 1. The van der Waals surface area contributed by atoms with Crippen molar-refractivity contribution in [3.63, 3.8) is 0 Å². The average Bonchev–Trinajstić information content (AvgIpc) is 2.72. The fourth-order valence-electron chi connectivity index (χ4n) is 1.92. The average molecular weight is 278 g/mol. The minimum absolute atomic E-state index is 0.0331. The molecule has 0 N–H and O–H groups in total. The number of amides is 2. The van der Waals surface area contributed by atoms with Crippen molar-refractivity contribution in [2.45, 2.75) is 12.3 Å². The predicted octanol–water partition coefficient (Wildman–Crippen LogP) is 1.66. The molecule has 1 fully saturated rings. The van der Waals surface area contributed by atoms with E-state index >= 15 is 0 Å². The van der Waals surface area contributed by atoms with Crippen LogP contribution in [0.2, 0.25) is 0 Å². The van der Waals surface area contributed by atoms with Crippen LogP contribution in [0.25, 0.3) is 0 Å². The first-order valence-electron chi connectivity index (χ1n) is 6.17. The lowest BCUT2D eigenvalue weighted by Gasteiger charge is -2.25. The molecule has 102 valence electrons. The topological polar surface area (TPSA) is 40.6 Å². The van der Waals surface area contributed by atoms with Gasteiger partial charge in [0.25, 0.3) is 0 Å². The lowest BCUT2D eigenvalue weighted by atomic mass is 10.1. The van der Waals surface area contributed by atoms with Crippen LogP contribution in [0.4, 0.5) is 0 Å². The van der Waals surface area contributed by atoms with E-state index in [1.54, 1.807) is 30.8 Å². The van der Waals surface area contributed by atoms with Gasteiger partial charge < -0.3 is 9.80 Å². The normalized spacial score (nSPS) is 18.8. The predicted molar refractivity (Wildman–Crippen MR) is 76.8 cm³/mol. The van der Waals surface area contributed by atoms with Crippen LogP contribution in [-0.4, -0.2) is 48.0 Å². The van der Waals surface area contributed by atoms with Gasteiger partial charge in [-0.25, -0.2) is 0 Å². The molecule has 1 saturated heterocycles. The summed E-state index contributed by atoms with van der Waals surface area (Å²) >= 11 is 1.58. The summed E-state index contributed by atoms with van der Waals surface area (Å²) in [6.07, 6.45) is 0. The van der Waals surface area contributed by atoms with E-state index in [1.807, 2.05) is 31.2 Å². The third-order valence-corrected chi connectivity index (χ3v) is 4.39. The van der Waals surface area contributed by atoms with E-state index in [1.165, 1.54) is 10.5 Å². The second-order valence-electron chi connectivity index (χ2n) is 4.88. The van der Waals surface area contributed by atoms with E-state index in [9.17, 15) is 9.59 Å². The van der Waals surface area contributed by atoms with E-state index in [0.29, 0.717) is 5.75 Å². The molecule has 2 rings (SSSR count). The van der Waals surface area contributed by atoms with Gasteiger partial charge in [-0.1, -0.05) is 29.8 Å². The Morgan fingerprint density at radius 3 is 2.58 bits per heavy atom. The maximum absolute atomic E-state index is 11.9. The fourth-order valence-corrected chi connectivity index (χ4v) is 3.11. The SMILES string of the molecule is Cc1ccc([C@@H]2SCC(=O)N2CC(=O)N(C)C)cc1. The first-order chi connectivity index (χ1) is 8.99. The van der Waals surface area contributed by atoms with Crippen LogP contribution in [0.15, 0.2) is 24.3 Å². The lowest BCUT2D eigenvalue weighted by Crippen LogP contribution is -2.38. The first-order valence-corrected chi connectivity index (χ1v) is 7.21. The number of carbonyl (C=O) groups is 2. The standard InChI is InChI=1S/C14H18N2O2S/c1-10-4-6-11(7-5-10)14-16(13(18)9-19-14)8-12(17)15(2)3/h4-7,14H,8-9H2,1-3H3/t14-/m0/s1. The van der Waals surface area contributed by atoms with Crippen molar-refractivity contribution in [3.05, 3.63) is 35.4 Å². The van der Waals surface area contributed by atoms with E-state index in [0.717, 1.165) is 5.56 Å². The molecule has 0 aromatic heterocycles. The van der Waals surface area contributed by atoms with E-state index in [2.05, 4.69) is 0 Å². The Bertz CT molecular complexity index is 485. The van der Waals surface area contributed by atoms with Gasteiger partial charge in [0, 0.05) is 14.1 Å². The van der Waals surface area contributed by atoms with Crippen molar-refractivity contribution in [1.29, 1.82) is 0 Å². The van der Waals surface area contributed by atoms with Crippen LogP contribution in [-0.2, 0) is 9.59 Å². The molecule has 0 bridgehead atoms. The largest absolute Gasteiger partial charge is 0.347 e. The Hall–Kier alpha value is -1.49. The van der Waals surface area contributed by atoms with Gasteiger partial charge in [0.1, 0.15) is 11.9 Å². The molecule has 0 spiro atoms. The summed E-state index contributed by atoms with van der Waals surface area (Å²) in [7, 11) is 3.41. The number of nitrogens with zero attached hydrogens (tertiary/aromatic N) is 2. The minimum Gasteiger partial charge on any atom is -0.347 e. The van der Waals surface area contributed by atoms with Crippen molar-refractivity contribution in [1.82, 2.24) is 9.80 Å². The number of hydrogen-bond donors (Lipinski definition) is 0. The molecule has 2 amide bonds. The van der Waals surface area contributed by atoms with Crippen molar-refractivity contribution in [2.24, 2.45) is 0 Å². The smallest absolute Gasteiger partial charge is 0.241 e. The zero-order valence-electron chi connectivity index (χ0n) is 11.4. The Balaban J connectivity index is 2.17. The van der Waals surface area contributed by atoms with Gasteiger partial charge in [-0.05, 0) is 12.5 Å². The number of likely N-dealkylation sites (N-methyl/N-ethyl adjacent to an activating group) is 1. The molecule has 1 aliphatic rings. The number of carbonyl (C=O) groups excluding carboxylic acids is 2. The second-order valence-corrected chi connectivity index (χ2v) is 5.95. The Labute approximate surface area is 117 Å². The Kier molecular flexibility index (Phi) is 4.14. The highest BCUT2D eigenvalue weighted by Crippen LogP contribution is 2.38. The Morgan fingerprint density at radius 1 is 1.37 bits per heavy atom. The molecule has 1 aliphatic heterocycles. The van der Waals surface area contributed by atoms with Crippen LogP contribution in [0.5, 0.6) is 0 Å². The molecule has 5 heteroatoms. The van der Waals surface area contributed by atoms with Crippen LogP contribution < -0.4 is 0 Å².